The summed E-state index contributed by atoms with van der Waals surface area (Å²) in [6, 6.07) is 9.26. The number of ether oxygens (including phenoxy) is 3. The maximum atomic E-state index is 13.2. The van der Waals surface area contributed by atoms with Crippen molar-refractivity contribution in [1.29, 1.82) is 0 Å². The zero-order valence-electron chi connectivity index (χ0n) is 17.7. The quantitative estimate of drug-likeness (QED) is 0.603. The first-order valence-electron chi connectivity index (χ1n) is 9.92. The SMILES string of the molecule is COC(=O)C1(NC(=O)c2c3cc(OCc4ccc(C)nc4)ccc3nn2C)CCOC1. The topological polar surface area (TPSA) is 105 Å². The van der Waals surface area contributed by atoms with Crippen LogP contribution in [-0.4, -0.2) is 52.5 Å². The van der Waals surface area contributed by atoms with E-state index in [-0.39, 0.29) is 6.61 Å². The highest BCUT2D eigenvalue weighted by Crippen LogP contribution is 2.26. The average molecular weight is 424 g/mol. The van der Waals surface area contributed by atoms with Crippen molar-refractivity contribution in [2.24, 2.45) is 7.05 Å². The molecular weight excluding hydrogens is 400 g/mol. The molecule has 0 spiro atoms. The van der Waals surface area contributed by atoms with Gasteiger partial charge in [-0.3, -0.25) is 14.5 Å². The van der Waals surface area contributed by atoms with Crippen LogP contribution in [0.1, 0.15) is 28.2 Å². The fraction of sp³-hybridized carbons (Fsp3) is 0.364. The van der Waals surface area contributed by atoms with E-state index in [1.807, 2.05) is 19.1 Å². The van der Waals surface area contributed by atoms with Gasteiger partial charge in [0.2, 0.25) is 0 Å². The normalized spacial score (nSPS) is 18.2. The number of hydrogen-bond acceptors (Lipinski definition) is 7. The molecule has 4 rings (SSSR count). The number of carbonyl (C=O) groups excluding carboxylic acids is 2. The minimum Gasteiger partial charge on any atom is -0.489 e. The Balaban J connectivity index is 1.59. The van der Waals surface area contributed by atoms with Crippen molar-refractivity contribution >= 4 is 22.8 Å². The van der Waals surface area contributed by atoms with Gasteiger partial charge in [-0.15, -0.1) is 0 Å². The number of benzene rings is 1. The van der Waals surface area contributed by atoms with Gasteiger partial charge in [0.15, 0.2) is 5.54 Å². The molecule has 3 heterocycles. The fourth-order valence-corrected chi connectivity index (χ4v) is 3.63. The Kier molecular flexibility index (Phi) is 5.60. The van der Waals surface area contributed by atoms with Crippen molar-refractivity contribution in [2.45, 2.75) is 25.5 Å². The molecule has 1 unspecified atom stereocenters. The summed E-state index contributed by atoms with van der Waals surface area (Å²) in [7, 11) is 2.98. The zero-order chi connectivity index (χ0) is 22.0. The van der Waals surface area contributed by atoms with Crippen molar-refractivity contribution < 1.29 is 23.8 Å². The van der Waals surface area contributed by atoms with Crippen molar-refractivity contribution in [3.8, 4) is 5.75 Å². The van der Waals surface area contributed by atoms with Gasteiger partial charge in [-0.2, -0.15) is 5.10 Å². The third kappa shape index (κ3) is 4.09. The molecule has 1 saturated heterocycles. The summed E-state index contributed by atoms with van der Waals surface area (Å²) in [5, 5.41) is 7.84. The van der Waals surface area contributed by atoms with E-state index in [1.54, 1.807) is 31.4 Å². The van der Waals surface area contributed by atoms with E-state index in [2.05, 4.69) is 15.4 Å². The van der Waals surface area contributed by atoms with E-state index < -0.39 is 17.4 Å². The second kappa shape index (κ2) is 8.35. The van der Waals surface area contributed by atoms with E-state index in [4.69, 9.17) is 14.2 Å². The Morgan fingerprint density at radius 3 is 2.81 bits per heavy atom. The molecular formula is C22H24N4O5. The maximum absolute atomic E-state index is 13.2. The predicted octanol–water partition coefficient (Wildman–Crippen LogP) is 1.92. The van der Waals surface area contributed by atoms with Gasteiger partial charge in [0, 0.05) is 42.9 Å². The van der Waals surface area contributed by atoms with Crippen LogP contribution in [0, 0.1) is 6.92 Å². The molecule has 162 valence electrons. The van der Waals surface area contributed by atoms with Crippen LogP contribution in [0.5, 0.6) is 5.75 Å². The lowest BCUT2D eigenvalue weighted by atomic mass is 9.98. The summed E-state index contributed by atoms with van der Waals surface area (Å²) in [6.45, 7) is 2.71. The first-order chi connectivity index (χ1) is 14.9. The Bertz CT molecular complexity index is 1120. The van der Waals surface area contributed by atoms with Crippen LogP contribution in [0.2, 0.25) is 0 Å². The molecule has 1 fully saturated rings. The molecule has 0 aliphatic carbocycles. The third-order valence-corrected chi connectivity index (χ3v) is 5.35. The molecule has 1 amide bonds. The first kappa shape index (κ1) is 20.8. The van der Waals surface area contributed by atoms with Gasteiger partial charge in [-0.25, -0.2) is 4.79 Å². The minimum absolute atomic E-state index is 0.0696. The number of esters is 1. The highest BCUT2D eigenvalue weighted by atomic mass is 16.5. The number of hydrogen-bond donors (Lipinski definition) is 1. The molecule has 1 aromatic carbocycles. The van der Waals surface area contributed by atoms with E-state index in [0.717, 1.165) is 11.3 Å². The van der Waals surface area contributed by atoms with Gasteiger partial charge in [0.05, 0.1) is 19.2 Å². The van der Waals surface area contributed by atoms with Crippen LogP contribution in [0.3, 0.4) is 0 Å². The number of fused-ring (bicyclic) bond motifs is 1. The van der Waals surface area contributed by atoms with Crippen LogP contribution in [0.15, 0.2) is 36.5 Å². The Hall–Kier alpha value is -3.46. The van der Waals surface area contributed by atoms with Gasteiger partial charge in [0.25, 0.3) is 5.91 Å². The summed E-state index contributed by atoms with van der Waals surface area (Å²) >= 11 is 0. The number of aromatic nitrogens is 3. The lowest BCUT2D eigenvalue weighted by Gasteiger charge is -2.25. The smallest absolute Gasteiger partial charge is 0.334 e. The van der Waals surface area contributed by atoms with Crippen LogP contribution < -0.4 is 10.1 Å². The van der Waals surface area contributed by atoms with Gasteiger partial charge >= 0.3 is 5.97 Å². The zero-order valence-corrected chi connectivity index (χ0v) is 17.7. The lowest BCUT2D eigenvalue weighted by Crippen LogP contribution is -2.56. The second-order valence-corrected chi connectivity index (χ2v) is 7.58. The number of aryl methyl sites for hydroxylation is 2. The molecule has 0 bridgehead atoms. The number of nitrogens with one attached hydrogen (secondary N) is 1. The molecule has 0 saturated carbocycles. The van der Waals surface area contributed by atoms with E-state index in [0.29, 0.717) is 42.0 Å². The molecule has 1 atom stereocenters. The monoisotopic (exact) mass is 424 g/mol. The van der Waals surface area contributed by atoms with E-state index in [1.165, 1.54) is 11.8 Å². The third-order valence-electron chi connectivity index (χ3n) is 5.35. The Labute approximate surface area is 179 Å². The lowest BCUT2D eigenvalue weighted by molar-refractivity contribution is -0.148. The van der Waals surface area contributed by atoms with Gasteiger partial charge in [-0.1, -0.05) is 6.07 Å². The summed E-state index contributed by atoms with van der Waals surface area (Å²) in [5.41, 5.74) is 1.65. The van der Waals surface area contributed by atoms with Gasteiger partial charge in [-0.05, 0) is 31.2 Å². The Morgan fingerprint density at radius 2 is 2.13 bits per heavy atom. The molecule has 9 nitrogen and oxygen atoms in total. The predicted molar refractivity (Wildman–Crippen MR) is 112 cm³/mol. The molecule has 1 N–H and O–H groups in total. The van der Waals surface area contributed by atoms with Gasteiger partial charge in [0.1, 0.15) is 18.1 Å². The van der Waals surface area contributed by atoms with Crippen molar-refractivity contribution in [1.82, 2.24) is 20.1 Å². The molecule has 9 heteroatoms. The number of amides is 1. The fourth-order valence-electron chi connectivity index (χ4n) is 3.63. The molecule has 31 heavy (non-hydrogen) atoms. The molecule has 1 aliphatic heterocycles. The van der Waals surface area contributed by atoms with E-state index >= 15 is 0 Å². The molecule has 3 aromatic rings. The highest BCUT2D eigenvalue weighted by Gasteiger charge is 2.45. The molecule has 2 aromatic heterocycles. The van der Waals surface area contributed by atoms with Crippen molar-refractivity contribution in [3.63, 3.8) is 0 Å². The first-order valence-corrected chi connectivity index (χ1v) is 9.92. The number of carbonyl (C=O) groups is 2. The second-order valence-electron chi connectivity index (χ2n) is 7.58. The highest BCUT2D eigenvalue weighted by molar-refractivity contribution is 6.07. The van der Waals surface area contributed by atoms with E-state index in [9.17, 15) is 9.59 Å². The van der Waals surface area contributed by atoms with Crippen LogP contribution >= 0.6 is 0 Å². The largest absolute Gasteiger partial charge is 0.489 e. The number of methoxy groups -OCH3 is 1. The summed E-state index contributed by atoms with van der Waals surface area (Å²) in [6.07, 6.45) is 2.12. The number of nitrogens with zero attached hydrogens (tertiary/aromatic N) is 3. The average Bonchev–Trinajstić information content (AvgIpc) is 3.36. The number of rotatable bonds is 6. The van der Waals surface area contributed by atoms with Crippen LogP contribution in [-0.2, 0) is 27.9 Å². The van der Waals surface area contributed by atoms with Crippen molar-refractivity contribution in [2.75, 3.05) is 20.3 Å². The van der Waals surface area contributed by atoms with Crippen LogP contribution in [0.25, 0.3) is 10.9 Å². The molecule has 0 radical (unpaired) electrons. The summed E-state index contributed by atoms with van der Waals surface area (Å²) in [5.74, 6) is -0.358. The maximum Gasteiger partial charge on any atom is 0.334 e. The van der Waals surface area contributed by atoms with Crippen molar-refractivity contribution in [3.05, 3.63) is 53.5 Å². The summed E-state index contributed by atoms with van der Waals surface area (Å²) in [4.78, 5) is 29.7. The van der Waals surface area contributed by atoms with Crippen LogP contribution in [0.4, 0.5) is 0 Å². The molecule has 1 aliphatic rings. The number of pyridine rings is 1. The van der Waals surface area contributed by atoms with Gasteiger partial charge < -0.3 is 19.5 Å². The standard InChI is InChI=1S/C22H24N4O5/c1-14-4-5-15(11-23-14)12-31-16-6-7-18-17(10-16)19(26(2)25-18)20(27)24-22(21(28)29-3)8-9-30-13-22/h4-7,10-11H,8-9,12-13H2,1-3H3,(H,24,27). The summed E-state index contributed by atoms with van der Waals surface area (Å²) < 4.78 is 17.6. The minimum atomic E-state index is -1.20. The Morgan fingerprint density at radius 1 is 1.29 bits per heavy atom.